The number of carboxylic acid groups (broad SMARTS) is 1. The van der Waals surface area contributed by atoms with Gasteiger partial charge in [0.25, 0.3) is 5.91 Å². The molecule has 25 heavy (non-hydrogen) atoms. The van der Waals surface area contributed by atoms with Crippen LogP contribution in [0.2, 0.25) is 0 Å². The molecule has 1 N–H and O–H groups in total. The predicted molar refractivity (Wildman–Crippen MR) is 80.9 cm³/mol. The van der Waals surface area contributed by atoms with Gasteiger partial charge >= 0.3 is 12.3 Å². The minimum atomic E-state index is -4.85. The van der Waals surface area contributed by atoms with Gasteiger partial charge in [-0.1, -0.05) is 13.0 Å². The fourth-order valence-corrected chi connectivity index (χ4v) is 2.15. The highest BCUT2D eigenvalue weighted by Crippen LogP contribution is 2.27. The van der Waals surface area contributed by atoms with Gasteiger partial charge in [0.05, 0.1) is 0 Å². The van der Waals surface area contributed by atoms with Gasteiger partial charge in [-0.25, -0.2) is 4.79 Å². The number of carbonyl (C=O) groups is 2. The fraction of sp³-hybridized carbons (Fsp3) is 0.250. The molecular weight excluding hydrogens is 343 g/mol. The molecule has 1 aromatic carbocycles. The number of aromatic carboxylic acids is 1. The maximum absolute atomic E-state index is 12.4. The molecule has 0 radical (unpaired) electrons. The fourth-order valence-electron chi connectivity index (χ4n) is 2.15. The summed E-state index contributed by atoms with van der Waals surface area (Å²) in [6.45, 7) is 1.67. The SMILES string of the molecule is CCc1oc(C(=O)N(C)c2cccc(OC(F)(F)F)c2)cc1C(=O)O. The lowest BCUT2D eigenvalue weighted by Gasteiger charge is -2.17. The van der Waals surface area contributed by atoms with Crippen molar-refractivity contribution in [3.8, 4) is 5.75 Å². The van der Waals surface area contributed by atoms with E-state index in [1.807, 2.05) is 0 Å². The second kappa shape index (κ2) is 6.88. The van der Waals surface area contributed by atoms with Crippen molar-refractivity contribution in [2.45, 2.75) is 19.7 Å². The number of nitrogens with zero attached hydrogens (tertiary/aromatic N) is 1. The van der Waals surface area contributed by atoms with Gasteiger partial charge in [-0.15, -0.1) is 13.2 Å². The number of ether oxygens (including phenoxy) is 1. The smallest absolute Gasteiger partial charge is 0.478 e. The number of hydrogen-bond acceptors (Lipinski definition) is 4. The van der Waals surface area contributed by atoms with Crippen molar-refractivity contribution in [1.82, 2.24) is 0 Å². The summed E-state index contributed by atoms with van der Waals surface area (Å²) in [5.74, 6) is -2.50. The van der Waals surface area contributed by atoms with Crippen LogP contribution in [-0.4, -0.2) is 30.4 Å². The number of carbonyl (C=O) groups excluding carboxylic acids is 1. The van der Waals surface area contributed by atoms with E-state index >= 15 is 0 Å². The lowest BCUT2D eigenvalue weighted by atomic mass is 10.2. The topological polar surface area (TPSA) is 80.0 Å². The predicted octanol–water partition coefficient (Wildman–Crippen LogP) is 3.72. The number of anilines is 1. The summed E-state index contributed by atoms with van der Waals surface area (Å²) >= 11 is 0. The third-order valence-corrected chi connectivity index (χ3v) is 3.31. The molecule has 0 aliphatic rings. The van der Waals surface area contributed by atoms with E-state index in [4.69, 9.17) is 9.52 Å². The summed E-state index contributed by atoms with van der Waals surface area (Å²) in [7, 11) is 1.32. The number of carboxylic acids is 1. The Bertz CT molecular complexity index is 797. The zero-order chi connectivity index (χ0) is 18.8. The molecule has 0 aliphatic heterocycles. The maximum atomic E-state index is 12.4. The summed E-state index contributed by atoms with van der Waals surface area (Å²) in [5.41, 5.74) is -0.00789. The summed E-state index contributed by atoms with van der Waals surface area (Å²) in [4.78, 5) is 24.6. The Morgan fingerprint density at radius 2 is 1.96 bits per heavy atom. The van der Waals surface area contributed by atoms with Gasteiger partial charge in [-0.3, -0.25) is 4.79 Å². The monoisotopic (exact) mass is 357 g/mol. The number of aryl methyl sites for hydroxylation is 1. The van der Waals surface area contributed by atoms with Crippen molar-refractivity contribution in [1.29, 1.82) is 0 Å². The van der Waals surface area contributed by atoms with Crippen molar-refractivity contribution >= 4 is 17.6 Å². The first-order chi connectivity index (χ1) is 11.6. The number of hydrogen-bond donors (Lipinski definition) is 1. The molecule has 9 heteroatoms. The number of furan rings is 1. The van der Waals surface area contributed by atoms with Crippen molar-refractivity contribution in [2.75, 3.05) is 11.9 Å². The van der Waals surface area contributed by atoms with Gasteiger partial charge in [0.2, 0.25) is 0 Å². The third kappa shape index (κ3) is 4.31. The molecule has 0 spiro atoms. The van der Waals surface area contributed by atoms with E-state index in [9.17, 15) is 22.8 Å². The first-order valence-electron chi connectivity index (χ1n) is 7.12. The van der Waals surface area contributed by atoms with Crippen LogP contribution in [0.5, 0.6) is 5.75 Å². The Kier molecular flexibility index (Phi) is 5.05. The Hall–Kier alpha value is -2.97. The Morgan fingerprint density at radius 3 is 2.48 bits per heavy atom. The van der Waals surface area contributed by atoms with E-state index in [1.54, 1.807) is 6.92 Å². The summed E-state index contributed by atoms with van der Waals surface area (Å²) < 4.78 is 45.9. The van der Waals surface area contributed by atoms with Gasteiger partial charge in [0.15, 0.2) is 5.76 Å². The summed E-state index contributed by atoms with van der Waals surface area (Å²) in [5, 5.41) is 9.08. The molecule has 1 heterocycles. The molecular formula is C16H14F3NO5. The van der Waals surface area contributed by atoms with Crippen LogP contribution in [0.15, 0.2) is 34.7 Å². The minimum absolute atomic E-state index is 0.123. The summed E-state index contributed by atoms with van der Waals surface area (Å²) in [6.07, 6.45) is -4.58. The molecule has 0 saturated heterocycles. The maximum Gasteiger partial charge on any atom is 0.573 e. The Labute approximate surface area is 140 Å². The molecule has 6 nitrogen and oxygen atoms in total. The number of halogens is 3. The number of alkyl halides is 3. The van der Waals surface area contributed by atoms with Gasteiger partial charge in [0.1, 0.15) is 17.1 Å². The van der Waals surface area contributed by atoms with E-state index in [0.717, 1.165) is 23.1 Å². The largest absolute Gasteiger partial charge is 0.573 e. The molecule has 1 aromatic heterocycles. The lowest BCUT2D eigenvalue weighted by Crippen LogP contribution is -2.26. The molecule has 1 amide bonds. The van der Waals surface area contributed by atoms with Crippen molar-refractivity contribution in [3.05, 3.63) is 47.4 Å². The Balaban J connectivity index is 2.28. The molecule has 0 unspecified atom stereocenters. The average molecular weight is 357 g/mol. The molecule has 2 aromatic rings. The van der Waals surface area contributed by atoms with Crippen LogP contribution in [-0.2, 0) is 6.42 Å². The van der Waals surface area contributed by atoms with E-state index in [-0.39, 0.29) is 29.2 Å². The first-order valence-corrected chi connectivity index (χ1v) is 7.12. The van der Waals surface area contributed by atoms with Crippen LogP contribution in [0, 0.1) is 0 Å². The van der Waals surface area contributed by atoms with E-state index in [1.165, 1.54) is 19.2 Å². The van der Waals surface area contributed by atoms with Gasteiger partial charge < -0.3 is 19.2 Å². The Morgan fingerprint density at radius 1 is 1.28 bits per heavy atom. The third-order valence-electron chi connectivity index (χ3n) is 3.31. The first kappa shape index (κ1) is 18.4. The van der Waals surface area contributed by atoms with Gasteiger partial charge in [0, 0.05) is 31.3 Å². The average Bonchev–Trinajstić information content (AvgIpc) is 2.96. The van der Waals surface area contributed by atoms with Crippen LogP contribution in [0.3, 0.4) is 0 Å². The van der Waals surface area contributed by atoms with Crippen molar-refractivity contribution < 1.29 is 37.0 Å². The highest BCUT2D eigenvalue weighted by molar-refractivity contribution is 6.05. The highest BCUT2D eigenvalue weighted by atomic mass is 19.4. The minimum Gasteiger partial charge on any atom is -0.478 e. The lowest BCUT2D eigenvalue weighted by molar-refractivity contribution is -0.274. The zero-order valence-corrected chi connectivity index (χ0v) is 13.3. The van der Waals surface area contributed by atoms with Crippen LogP contribution < -0.4 is 9.64 Å². The number of amides is 1. The van der Waals surface area contributed by atoms with Gasteiger partial charge in [-0.05, 0) is 12.1 Å². The van der Waals surface area contributed by atoms with Crippen molar-refractivity contribution in [2.24, 2.45) is 0 Å². The number of rotatable bonds is 5. The van der Waals surface area contributed by atoms with Crippen LogP contribution in [0.25, 0.3) is 0 Å². The number of benzene rings is 1. The quantitative estimate of drug-likeness (QED) is 0.882. The molecule has 0 aliphatic carbocycles. The molecule has 134 valence electrons. The normalized spacial score (nSPS) is 11.2. The van der Waals surface area contributed by atoms with Crippen molar-refractivity contribution in [3.63, 3.8) is 0 Å². The van der Waals surface area contributed by atoms with Crippen LogP contribution in [0.4, 0.5) is 18.9 Å². The van der Waals surface area contributed by atoms with E-state index in [2.05, 4.69) is 4.74 Å². The molecule has 2 rings (SSSR count). The molecule has 0 atom stereocenters. The van der Waals surface area contributed by atoms with Crippen LogP contribution in [0.1, 0.15) is 33.6 Å². The standard InChI is InChI=1S/C16H14F3NO5/c1-3-12-11(15(22)23)8-13(24-12)14(21)20(2)9-5-4-6-10(7-9)25-16(17,18)19/h4-8H,3H2,1-2H3,(H,22,23). The molecule has 0 saturated carbocycles. The second-order valence-corrected chi connectivity index (χ2v) is 5.02. The second-order valence-electron chi connectivity index (χ2n) is 5.02. The van der Waals surface area contributed by atoms with E-state index < -0.39 is 24.0 Å². The van der Waals surface area contributed by atoms with E-state index in [0.29, 0.717) is 0 Å². The van der Waals surface area contributed by atoms with Gasteiger partial charge in [-0.2, -0.15) is 0 Å². The molecule has 0 fully saturated rings. The molecule has 0 bridgehead atoms. The highest BCUT2D eigenvalue weighted by Gasteiger charge is 2.31. The summed E-state index contributed by atoms with van der Waals surface area (Å²) in [6, 6.07) is 5.93. The zero-order valence-electron chi connectivity index (χ0n) is 13.3. The van der Waals surface area contributed by atoms with Crippen LogP contribution >= 0.6 is 0 Å².